The molecule has 0 N–H and O–H groups in total. The second kappa shape index (κ2) is 9.78. The lowest BCUT2D eigenvalue weighted by Crippen LogP contribution is -2.14. The Bertz CT molecular complexity index is 2590. The van der Waals surface area contributed by atoms with E-state index in [2.05, 4.69) is 170 Å². The van der Waals surface area contributed by atoms with Crippen LogP contribution in [0, 0.1) is 0 Å². The summed E-state index contributed by atoms with van der Waals surface area (Å²) < 4.78 is 5.18. The van der Waals surface area contributed by atoms with E-state index in [1.54, 1.807) is 0 Å². The molecule has 0 atom stereocenters. The smallest absolute Gasteiger partial charge is 0.0541 e. The van der Waals surface area contributed by atoms with Crippen molar-refractivity contribution in [1.82, 2.24) is 4.57 Å². The Labute approximate surface area is 278 Å². The second-order valence-electron chi connectivity index (χ2n) is 13.4. The Kier molecular flexibility index (Phi) is 5.57. The molecule has 1 aliphatic carbocycles. The molecule has 0 bridgehead atoms. The summed E-state index contributed by atoms with van der Waals surface area (Å²) in [6.07, 6.45) is 0. The SMILES string of the molecule is CC1(C)c2ccc(-n3c4ccc(-c5ccccc5)cc4c4cc(-c5ccccc5)ccc43)cc2-c2cc3sc4ccccc4c3cc21. The third-order valence-electron chi connectivity index (χ3n) is 10.4. The minimum absolute atomic E-state index is 0.0730. The van der Waals surface area contributed by atoms with Gasteiger partial charge >= 0.3 is 0 Å². The lowest BCUT2D eigenvalue weighted by molar-refractivity contribution is 0.661. The van der Waals surface area contributed by atoms with E-state index in [9.17, 15) is 0 Å². The summed E-state index contributed by atoms with van der Waals surface area (Å²) in [5.41, 5.74) is 14.0. The number of benzene rings is 7. The highest BCUT2D eigenvalue weighted by Crippen LogP contribution is 2.52. The Morgan fingerprint density at radius 3 is 1.68 bits per heavy atom. The standard InChI is InChI=1S/C45H31NS/c1-45(2)39-20-19-32(25-34(39)35-27-44-38(26-40(35)45)33-15-9-10-16-43(33)47-44)46-41-21-17-30(28-11-5-3-6-12-28)23-36(41)37-24-31(18-22-42(37)46)29-13-7-4-8-14-29/h3-27H,1-2H3. The van der Waals surface area contributed by atoms with E-state index in [-0.39, 0.29) is 5.41 Å². The average Bonchev–Trinajstić information content (AvgIpc) is 3.72. The molecule has 0 spiro atoms. The van der Waals surface area contributed by atoms with Crippen LogP contribution in [0.3, 0.4) is 0 Å². The third kappa shape index (κ3) is 3.89. The Hall–Kier alpha value is -5.44. The molecule has 47 heavy (non-hydrogen) atoms. The monoisotopic (exact) mass is 617 g/mol. The third-order valence-corrected chi connectivity index (χ3v) is 11.5. The highest BCUT2D eigenvalue weighted by atomic mass is 32.1. The molecule has 222 valence electrons. The molecular formula is C45H31NS. The number of fused-ring (bicyclic) bond motifs is 9. The fourth-order valence-electron chi connectivity index (χ4n) is 8.02. The molecule has 2 aromatic heterocycles. The predicted octanol–water partition coefficient (Wildman–Crippen LogP) is 12.8. The molecule has 10 rings (SSSR count). The van der Waals surface area contributed by atoms with Crippen LogP contribution in [-0.4, -0.2) is 4.57 Å². The zero-order valence-corrected chi connectivity index (χ0v) is 27.1. The number of thiophene rings is 1. The molecule has 0 amide bonds. The molecule has 0 saturated heterocycles. The lowest BCUT2D eigenvalue weighted by Gasteiger charge is -2.22. The largest absolute Gasteiger partial charge is 0.309 e. The van der Waals surface area contributed by atoms with Crippen molar-refractivity contribution in [2.45, 2.75) is 19.3 Å². The van der Waals surface area contributed by atoms with Crippen LogP contribution in [0.2, 0.25) is 0 Å². The summed E-state index contributed by atoms with van der Waals surface area (Å²) in [5.74, 6) is 0. The van der Waals surface area contributed by atoms with Gasteiger partial charge in [0.05, 0.1) is 11.0 Å². The molecule has 2 heteroatoms. The summed E-state index contributed by atoms with van der Waals surface area (Å²) in [6.45, 7) is 4.77. The van der Waals surface area contributed by atoms with E-state index in [0.717, 1.165) is 0 Å². The first-order valence-corrected chi connectivity index (χ1v) is 17.2. The van der Waals surface area contributed by atoms with Crippen molar-refractivity contribution in [3.8, 4) is 39.1 Å². The summed E-state index contributed by atoms with van der Waals surface area (Å²) >= 11 is 1.90. The second-order valence-corrected chi connectivity index (χ2v) is 14.5. The molecule has 0 unspecified atom stereocenters. The fourth-order valence-corrected chi connectivity index (χ4v) is 9.14. The van der Waals surface area contributed by atoms with Gasteiger partial charge in [-0.15, -0.1) is 11.3 Å². The van der Waals surface area contributed by atoms with Crippen LogP contribution in [0.5, 0.6) is 0 Å². The summed E-state index contributed by atoms with van der Waals surface area (Å²) in [5, 5.41) is 5.27. The zero-order chi connectivity index (χ0) is 31.3. The van der Waals surface area contributed by atoms with E-state index in [1.165, 1.54) is 92.2 Å². The van der Waals surface area contributed by atoms with E-state index in [4.69, 9.17) is 0 Å². The van der Waals surface area contributed by atoms with Gasteiger partial charge in [0.25, 0.3) is 0 Å². The van der Waals surface area contributed by atoms with Crippen LogP contribution in [0.4, 0.5) is 0 Å². The maximum atomic E-state index is 2.47. The first kappa shape index (κ1) is 26.7. The molecule has 0 fully saturated rings. The van der Waals surface area contributed by atoms with Gasteiger partial charge in [0.15, 0.2) is 0 Å². The van der Waals surface area contributed by atoms with Crippen molar-refractivity contribution < 1.29 is 0 Å². The molecular weight excluding hydrogens is 587 g/mol. The topological polar surface area (TPSA) is 4.93 Å². The normalized spacial score (nSPS) is 13.5. The Morgan fingerprint density at radius 2 is 1.02 bits per heavy atom. The molecule has 1 nitrogen and oxygen atoms in total. The van der Waals surface area contributed by atoms with Gasteiger partial charge in [-0.2, -0.15) is 0 Å². The first-order chi connectivity index (χ1) is 23.0. The quantitative estimate of drug-likeness (QED) is 0.186. The zero-order valence-electron chi connectivity index (χ0n) is 26.3. The van der Waals surface area contributed by atoms with Crippen LogP contribution in [0.15, 0.2) is 152 Å². The number of rotatable bonds is 3. The van der Waals surface area contributed by atoms with Crippen LogP contribution in [-0.2, 0) is 5.41 Å². The van der Waals surface area contributed by atoms with Crippen molar-refractivity contribution in [3.05, 3.63) is 163 Å². The number of hydrogen-bond acceptors (Lipinski definition) is 1. The molecule has 9 aromatic rings. The van der Waals surface area contributed by atoms with Gasteiger partial charge < -0.3 is 4.57 Å². The van der Waals surface area contributed by atoms with Gasteiger partial charge in [0.2, 0.25) is 0 Å². The fraction of sp³-hybridized carbons (Fsp3) is 0.0667. The van der Waals surface area contributed by atoms with Crippen LogP contribution < -0.4 is 0 Å². The molecule has 0 aliphatic heterocycles. The van der Waals surface area contributed by atoms with Gasteiger partial charge in [0, 0.05) is 42.0 Å². The highest BCUT2D eigenvalue weighted by molar-refractivity contribution is 7.25. The molecule has 0 saturated carbocycles. The minimum Gasteiger partial charge on any atom is -0.309 e. The van der Waals surface area contributed by atoms with Gasteiger partial charge in [-0.3, -0.25) is 0 Å². The van der Waals surface area contributed by atoms with Crippen molar-refractivity contribution in [2.75, 3.05) is 0 Å². The Balaban J connectivity index is 1.22. The summed E-state index contributed by atoms with van der Waals surface area (Å²) in [6, 6.07) is 56.2. The maximum absolute atomic E-state index is 2.47. The summed E-state index contributed by atoms with van der Waals surface area (Å²) in [7, 11) is 0. The number of hydrogen-bond donors (Lipinski definition) is 0. The lowest BCUT2D eigenvalue weighted by atomic mass is 9.82. The van der Waals surface area contributed by atoms with E-state index < -0.39 is 0 Å². The molecule has 2 heterocycles. The van der Waals surface area contributed by atoms with Gasteiger partial charge in [0.1, 0.15) is 0 Å². The predicted molar refractivity (Wildman–Crippen MR) is 202 cm³/mol. The maximum Gasteiger partial charge on any atom is 0.0541 e. The van der Waals surface area contributed by atoms with E-state index >= 15 is 0 Å². The summed E-state index contributed by atoms with van der Waals surface area (Å²) in [4.78, 5) is 0. The molecule has 1 aliphatic rings. The van der Waals surface area contributed by atoms with Gasteiger partial charge in [-0.25, -0.2) is 0 Å². The van der Waals surface area contributed by atoms with Gasteiger partial charge in [-0.1, -0.05) is 111 Å². The van der Waals surface area contributed by atoms with Crippen molar-refractivity contribution in [2.24, 2.45) is 0 Å². The minimum atomic E-state index is -0.0730. The van der Waals surface area contributed by atoms with Crippen LogP contribution >= 0.6 is 11.3 Å². The van der Waals surface area contributed by atoms with Gasteiger partial charge in [-0.05, 0) is 99.1 Å². The highest BCUT2D eigenvalue weighted by Gasteiger charge is 2.36. The van der Waals surface area contributed by atoms with E-state index in [1.807, 2.05) is 11.3 Å². The Morgan fingerprint density at radius 1 is 0.426 bits per heavy atom. The molecule has 7 aromatic carbocycles. The van der Waals surface area contributed by atoms with Crippen molar-refractivity contribution >= 4 is 53.3 Å². The van der Waals surface area contributed by atoms with Crippen LogP contribution in [0.1, 0.15) is 25.0 Å². The van der Waals surface area contributed by atoms with E-state index in [0.29, 0.717) is 0 Å². The first-order valence-electron chi connectivity index (χ1n) is 16.3. The number of nitrogens with zero attached hydrogens (tertiary/aromatic N) is 1. The van der Waals surface area contributed by atoms with Crippen LogP contribution in [0.25, 0.3) is 81.0 Å². The number of aromatic nitrogens is 1. The van der Waals surface area contributed by atoms with Crippen molar-refractivity contribution in [1.29, 1.82) is 0 Å². The molecule has 0 radical (unpaired) electrons. The van der Waals surface area contributed by atoms with Crippen molar-refractivity contribution in [3.63, 3.8) is 0 Å². The average molecular weight is 618 g/mol.